The summed E-state index contributed by atoms with van der Waals surface area (Å²) in [6, 6.07) is 15.4. The number of hydrogen-bond acceptors (Lipinski definition) is 4. The van der Waals surface area contributed by atoms with Crippen molar-refractivity contribution in [2.75, 3.05) is 21.2 Å². The zero-order valence-electron chi connectivity index (χ0n) is 15.3. The van der Waals surface area contributed by atoms with E-state index in [1.165, 1.54) is 5.56 Å². The number of nitrogens with zero attached hydrogens (tertiary/aromatic N) is 1. The van der Waals surface area contributed by atoms with Gasteiger partial charge in [0.05, 0.1) is 7.11 Å². The SMILES string of the molecule is COc1ccc(OC(C)C(=O)NCc2ccc(CN(C)C)cc2)cc1. The molecule has 1 amide bonds. The lowest BCUT2D eigenvalue weighted by molar-refractivity contribution is -0.127. The average molecular weight is 342 g/mol. The van der Waals surface area contributed by atoms with Crippen LogP contribution in [-0.2, 0) is 17.9 Å². The van der Waals surface area contributed by atoms with Crippen LogP contribution in [-0.4, -0.2) is 38.1 Å². The van der Waals surface area contributed by atoms with Crippen LogP contribution in [0.15, 0.2) is 48.5 Å². The monoisotopic (exact) mass is 342 g/mol. The van der Waals surface area contributed by atoms with Gasteiger partial charge in [0.2, 0.25) is 0 Å². The Bertz CT molecular complexity index is 666. The van der Waals surface area contributed by atoms with Crippen molar-refractivity contribution in [2.24, 2.45) is 0 Å². The van der Waals surface area contributed by atoms with E-state index in [0.717, 1.165) is 17.9 Å². The molecule has 0 saturated carbocycles. The smallest absolute Gasteiger partial charge is 0.261 e. The Morgan fingerprint density at radius 2 is 1.56 bits per heavy atom. The van der Waals surface area contributed by atoms with E-state index in [-0.39, 0.29) is 5.91 Å². The molecular weight excluding hydrogens is 316 g/mol. The van der Waals surface area contributed by atoms with Gasteiger partial charge in [-0.2, -0.15) is 0 Å². The predicted octanol–water partition coefficient (Wildman–Crippen LogP) is 2.84. The van der Waals surface area contributed by atoms with Gasteiger partial charge in [-0.1, -0.05) is 24.3 Å². The number of hydrogen-bond donors (Lipinski definition) is 1. The van der Waals surface area contributed by atoms with E-state index in [9.17, 15) is 4.79 Å². The van der Waals surface area contributed by atoms with Gasteiger partial charge in [0, 0.05) is 13.1 Å². The largest absolute Gasteiger partial charge is 0.497 e. The van der Waals surface area contributed by atoms with Crippen molar-refractivity contribution < 1.29 is 14.3 Å². The standard InChI is InChI=1S/C20H26N2O3/c1-15(25-19-11-9-18(24-4)10-12-19)20(23)21-13-16-5-7-17(8-6-16)14-22(2)3/h5-12,15H,13-14H2,1-4H3,(H,21,23). The Morgan fingerprint density at radius 1 is 1.00 bits per heavy atom. The highest BCUT2D eigenvalue weighted by molar-refractivity contribution is 5.80. The second-order valence-corrected chi connectivity index (χ2v) is 6.21. The molecule has 0 aliphatic rings. The number of ether oxygens (including phenoxy) is 2. The van der Waals surface area contributed by atoms with Crippen LogP contribution in [0.5, 0.6) is 11.5 Å². The molecule has 0 aliphatic carbocycles. The zero-order chi connectivity index (χ0) is 18.2. The van der Waals surface area contributed by atoms with Gasteiger partial charge in [-0.25, -0.2) is 0 Å². The lowest BCUT2D eigenvalue weighted by atomic mass is 10.1. The second-order valence-electron chi connectivity index (χ2n) is 6.21. The van der Waals surface area contributed by atoms with E-state index in [0.29, 0.717) is 12.3 Å². The molecule has 2 aromatic rings. The molecule has 0 heterocycles. The summed E-state index contributed by atoms with van der Waals surface area (Å²) in [6.07, 6.45) is -0.568. The Labute approximate surface area is 149 Å². The molecule has 5 nitrogen and oxygen atoms in total. The fraction of sp³-hybridized carbons (Fsp3) is 0.350. The topological polar surface area (TPSA) is 50.8 Å². The lowest BCUT2D eigenvalue weighted by Gasteiger charge is -2.15. The fourth-order valence-corrected chi connectivity index (χ4v) is 2.37. The molecule has 2 aromatic carbocycles. The summed E-state index contributed by atoms with van der Waals surface area (Å²) in [6.45, 7) is 3.12. The third kappa shape index (κ3) is 6.12. The first-order valence-corrected chi connectivity index (χ1v) is 8.29. The molecule has 25 heavy (non-hydrogen) atoms. The van der Waals surface area contributed by atoms with Crippen LogP contribution in [0.1, 0.15) is 18.1 Å². The van der Waals surface area contributed by atoms with Crippen molar-refractivity contribution in [1.29, 1.82) is 0 Å². The summed E-state index contributed by atoms with van der Waals surface area (Å²) in [4.78, 5) is 14.3. The molecule has 1 atom stereocenters. The minimum absolute atomic E-state index is 0.145. The predicted molar refractivity (Wildman–Crippen MR) is 98.8 cm³/mol. The molecule has 0 spiro atoms. The molecule has 0 aromatic heterocycles. The number of amides is 1. The molecule has 0 bridgehead atoms. The molecular formula is C20H26N2O3. The molecule has 134 valence electrons. The third-order valence-corrected chi connectivity index (χ3v) is 3.73. The summed E-state index contributed by atoms with van der Waals surface area (Å²) in [5, 5.41) is 2.90. The van der Waals surface area contributed by atoms with E-state index >= 15 is 0 Å². The van der Waals surface area contributed by atoms with Crippen LogP contribution in [0.4, 0.5) is 0 Å². The highest BCUT2D eigenvalue weighted by Crippen LogP contribution is 2.18. The van der Waals surface area contributed by atoms with Crippen molar-refractivity contribution in [3.8, 4) is 11.5 Å². The van der Waals surface area contributed by atoms with E-state index in [1.807, 2.05) is 26.2 Å². The van der Waals surface area contributed by atoms with Gasteiger partial charge in [-0.3, -0.25) is 4.79 Å². The van der Waals surface area contributed by atoms with Crippen molar-refractivity contribution in [2.45, 2.75) is 26.1 Å². The van der Waals surface area contributed by atoms with Gasteiger partial charge in [0.25, 0.3) is 5.91 Å². The van der Waals surface area contributed by atoms with Gasteiger partial charge in [-0.15, -0.1) is 0 Å². The van der Waals surface area contributed by atoms with Gasteiger partial charge in [0.15, 0.2) is 6.10 Å². The molecule has 0 radical (unpaired) electrons. The maximum absolute atomic E-state index is 12.2. The molecule has 5 heteroatoms. The second kappa shape index (κ2) is 9.08. The van der Waals surface area contributed by atoms with E-state index in [1.54, 1.807) is 38.3 Å². The third-order valence-electron chi connectivity index (χ3n) is 3.73. The summed E-state index contributed by atoms with van der Waals surface area (Å²) in [5.74, 6) is 1.24. The lowest BCUT2D eigenvalue weighted by Crippen LogP contribution is -2.35. The first-order chi connectivity index (χ1) is 12.0. The Hall–Kier alpha value is -2.53. The van der Waals surface area contributed by atoms with Crippen LogP contribution in [0.25, 0.3) is 0 Å². The highest BCUT2D eigenvalue weighted by atomic mass is 16.5. The molecule has 0 fully saturated rings. The quantitative estimate of drug-likeness (QED) is 0.801. The Balaban J connectivity index is 1.82. The normalized spacial score (nSPS) is 11.9. The number of nitrogens with one attached hydrogen (secondary N) is 1. The Kier molecular flexibility index (Phi) is 6.83. The average Bonchev–Trinajstić information content (AvgIpc) is 2.61. The van der Waals surface area contributed by atoms with Crippen LogP contribution in [0.2, 0.25) is 0 Å². The van der Waals surface area contributed by atoms with E-state index in [4.69, 9.17) is 9.47 Å². The fourth-order valence-electron chi connectivity index (χ4n) is 2.37. The molecule has 0 saturated heterocycles. The first-order valence-electron chi connectivity index (χ1n) is 8.29. The van der Waals surface area contributed by atoms with Crippen molar-refractivity contribution >= 4 is 5.91 Å². The minimum Gasteiger partial charge on any atom is -0.497 e. The zero-order valence-corrected chi connectivity index (χ0v) is 15.3. The van der Waals surface area contributed by atoms with Crippen molar-refractivity contribution in [3.63, 3.8) is 0 Å². The molecule has 1 unspecified atom stereocenters. The van der Waals surface area contributed by atoms with Crippen molar-refractivity contribution in [1.82, 2.24) is 10.2 Å². The van der Waals surface area contributed by atoms with E-state index < -0.39 is 6.10 Å². The van der Waals surface area contributed by atoms with Gasteiger partial charge in [-0.05, 0) is 56.4 Å². The van der Waals surface area contributed by atoms with Gasteiger partial charge in [0.1, 0.15) is 11.5 Å². The highest BCUT2D eigenvalue weighted by Gasteiger charge is 2.14. The summed E-state index contributed by atoms with van der Waals surface area (Å²) in [5.41, 5.74) is 2.31. The number of rotatable bonds is 8. The van der Waals surface area contributed by atoms with Crippen LogP contribution in [0, 0.1) is 0 Å². The van der Waals surface area contributed by atoms with Crippen molar-refractivity contribution in [3.05, 3.63) is 59.7 Å². The summed E-state index contributed by atoms with van der Waals surface area (Å²) in [7, 11) is 5.69. The Morgan fingerprint density at radius 3 is 2.12 bits per heavy atom. The molecule has 2 rings (SSSR count). The maximum atomic E-state index is 12.2. The summed E-state index contributed by atoms with van der Waals surface area (Å²) < 4.78 is 10.8. The van der Waals surface area contributed by atoms with Crippen LogP contribution >= 0.6 is 0 Å². The van der Waals surface area contributed by atoms with Gasteiger partial charge < -0.3 is 19.7 Å². The van der Waals surface area contributed by atoms with Crippen LogP contribution < -0.4 is 14.8 Å². The number of carbonyl (C=O) groups excluding carboxylic acids is 1. The number of carbonyl (C=O) groups is 1. The number of benzene rings is 2. The number of methoxy groups -OCH3 is 1. The molecule has 1 N–H and O–H groups in total. The van der Waals surface area contributed by atoms with Gasteiger partial charge >= 0.3 is 0 Å². The minimum atomic E-state index is -0.568. The van der Waals surface area contributed by atoms with Crippen LogP contribution in [0.3, 0.4) is 0 Å². The summed E-state index contributed by atoms with van der Waals surface area (Å²) >= 11 is 0. The maximum Gasteiger partial charge on any atom is 0.261 e. The first kappa shape index (κ1) is 18.8. The molecule has 0 aliphatic heterocycles. The van der Waals surface area contributed by atoms with E-state index in [2.05, 4.69) is 22.3 Å².